The topological polar surface area (TPSA) is 175 Å². The molecule has 0 aromatic rings. The number of allylic oxidation sites excluding steroid dienone is 9. The number of aliphatic hydroxyl groups excluding tert-OH is 2. The van der Waals surface area contributed by atoms with Crippen molar-refractivity contribution in [3.8, 4) is 0 Å². The summed E-state index contributed by atoms with van der Waals surface area (Å²) in [5, 5.41) is 20.2. The number of hydrogen-bond donors (Lipinski definition) is 4. The highest BCUT2D eigenvalue weighted by atomic mass is 31.2. The average molecular weight is 796 g/mol. The third-order valence-electron chi connectivity index (χ3n) is 8.25. The summed E-state index contributed by atoms with van der Waals surface area (Å²) < 4.78 is 32.5. The quantitative estimate of drug-likeness (QED) is 0.0155. The van der Waals surface area contributed by atoms with E-state index < -0.39 is 44.7 Å². The lowest BCUT2D eigenvalue weighted by atomic mass is 10.1. The molecule has 0 heterocycles. The van der Waals surface area contributed by atoms with Gasteiger partial charge in [-0.25, -0.2) is 4.57 Å². The largest absolute Gasteiger partial charge is 0.472 e. The molecule has 0 saturated carbocycles. The fourth-order valence-corrected chi connectivity index (χ4v) is 5.86. The van der Waals surface area contributed by atoms with Crippen molar-refractivity contribution < 1.29 is 47.8 Å². The Morgan fingerprint density at radius 2 is 1.22 bits per heavy atom. The molecule has 0 radical (unpaired) electrons. The predicted molar refractivity (Wildman–Crippen MR) is 222 cm³/mol. The monoisotopic (exact) mass is 796 g/mol. The van der Waals surface area contributed by atoms with Crippen LogP contribution >= 0.6 is 7.82 Å². The van der Waals surface area contributed by atoms with Gasteiger partial charge in [0.15, 0.2) is 6.10 Å². The Hall–Kier alpha value is -2.63. The van der Waals surface area contributed by atoms with Gasteiger partial charge in [-0.2, -0.15) is 0 Å². The number of rotatable bonds is 37. The molecule has 0 aliphatic heterocycles. The molecule has 11 nitrogen and oxygen atoms in total. The fourth-order valence-electron chi connectivity index (χ4n) is 5.09. The molecule has 0 amide bonds. The van der Waals surface area contributed by atoms with Crippen molar-refractivity contribution in [2.75, 3.05) is 26.4 Å². The van der Waals surface area contributed by atoms with Crippen LogP contribution in [0.5, 0.6) is 0 Å². The second kappa shape index (κ2) is 38.3. The second-order valence-electron chi connectivity index (χ2n) is 13.5. The smallest absolute Gasteiger partial charge is 0.462 e. The van der Waals surface area contributed by atoms with Crippen LogP contribution in [-0.2, 0) is 32.7 Å². The van der Waals surface area contributed by atoms with Crippen LogP contribution in [0, 0.1) is 0 Å². The third kappa shape index (κ3) is 38.0. The molecule has 0 aliphatic rings. The van der Waals surface area contributed by atoms with Crippen molar-refractivity contribution >= 4 is 19.8 Å². The molecule has 316 valence electrons. The number of aliphatic hydroxyl groups is 2. The van der Waals surface area contributed by atoms with Crippen LogP contribution in [0.25, 0.3) is 0 Å². The maximum absolute atomic E-state index is 12.6. The Bertz CT molecular complexity index is 1170. The molecule has 0 saturated heterocycles. The van der Waals surface area contributed by atoms with E-state index in [4.69, 9.17) is 24.3 Å². The van der Waals surface area contributed by atoms with Crippen LogP contribution in [0.4, 0.5) is 0 Å². The van der Waals surface area contributed by atoms with Crippen LogP contribution in [0.2, 0.25) is 0 Å². The zero-order valence-electron chi connectivity index (χ0n) is 33.9. The van der Waals surface area contributed by atoms with Crippen molar-refractivity contribution in [2.45, 2.75) is 161 Å². The highest BCUT2D eigenvalue weighted by molar-refractivity contribution is 7.47. The van der Waals surface area contributed by atoms with Gasteiger partial charge in [-0.3, -0.25) is 18.6 Å². The molecule has 0 rings (SSSR count). The van der Waals surface area contributed by atoms with Gasteiger partial charge in [-0.15, -0.1) is 0 Å². The Morgan fingerprint density at radius 1 is 0.655 bits per heavy atom. The standard InChI is InChI=1S/C43H74NO10P/c1-3-5-7-9-11-12-13-14-15-16-17-18-19-21-27-33-43(48)54-41(38-53-55(49,50)52-36-35-44)37-51-42(47)34-28-32-40(46)31-26-23-22-25-30-39(45)29-24-20-10-8-6-4-2/h11-12,14-15,20,22-26,30-31,39-41,45-46H,3-10,13,16-19,21,27-29,32-38,44H2,1-2H3,(H,49,50)/b12-11-,15-14-,23-22+,24-20-,30-25+,31-26-/t39-,40-,41-/m1/s1. The van der Waals surface area contributed by atoms with Gasteiger partial charge in [0.2, 0.25) is 0 Å². The zero-order chi connectivity index (χ0) is 40.7. The first-order chi connectivity index (χ1) is 26.6. The Morgan fingerprint density at radius 3 is 1.85 bits per heavy atom. The molecule has 0 spiro atoms. The minimum Gasteiger partial charge on any atom is -0.462 e. The Balaban J connectivity index is 4.49. The van der Waals surface area contributed by atoms with Gasteiger partial charge in [0.25, 0.3) is 0 Å². The summed E-state index contributed by atoms with van der Waals surface area (Å²) in [5.74, 6) is -1.09. The molecular formula is C43H74NO10P. The first kappa shape index (κ1) is 52.4. The molecule has 0 aromatic heterocycles. The van der Waals surface area contributed by atoms with Gasteiger partial charge in [0.1, 0.15) is 6.61 Å². The first-order valence-electron chi connectivity index (χ1n) is 20.6. The maximum Gasteiger partial charge on any atom is 0.472 e. The summed E-state index contributed by atoms with van der Waals surface area (Å²) in [4.78, 5) is 34.8. The second-order valence-corrected chi connectivity index (χ2v) is 15.0. The molecule has 0 bridgehead atoms. The third-order valence-corrected chi connectivity index (χ3v) is 9.24. The van der Waals surface area contributed by atoms with E-state index in [0.29, 0.717) is 25.7 Å². The van der Waals surface area contributed by atoms with Crippen LogP contribution in [0.1, 0.15) is 142 Å². The van der Waals surface area contributed by atoms with E-state index in [9.17, 15) is 29.3 Å². The lowest BCUT2D eigenvalue weighted by Gasteiger charge is -2.20. The van der Waals surface area contributed by atoms with Crippen molar-refractivity contribution in [2.24, 2.45) is 5.73 Å². The van der Waals surface area contributed by atoms with E-state index >= 15 is 0 Å². The Kier molecular flexibility index (Phi) is 36.4. The maximum atomic E-state index is 12.6. The van der Waals surface area contributed by atoms with Gasteiger partial charge in [-0.05, 0) is 70.6 Å². The average Bonchev–Trinajstić information content (AvgIpc) is 3.16. The lowest BCUT2D eigenvalue weighted by molar-refractivity contribution is -0.161. The number of hydrogen-bond acceptors (Lipinski definition) is 10. The van der Waals surface area contributed by atoms with Crippen LogP contribution < -0.4 is 5.73 Å². The van der Waals surface area contributed by atoms with Crippen molar-refractivity contribution in [1.82, 2.24) is 0 Å². The Labute approximate surface area is 332 Å². The van der Waals surface area contributed by atoms with E-state index in [1.165, 1.54) is 38.5 Å². The molecule has 5 N–H and O–H groups in total. The van der Waals surface area contributed by atoms with Crippen molar-refractivity contribution in [1.29, 1.82) is 0 Å². The number of unbranched alkanes of at least 4 members (excludes halogenated alkanes) is 11. The summed E-state index contributed by atoms with van der Waals surface area (Å²) in [5.41, 5.74) is 5.32. The van der Waals surface area contributed by atoms with Crippen molar-refractivity contribution in [3.05, 3.63) is 72.9 Å². The molecule has 55 heavy (non-hydrogen) atoms. The molecule has 1 unspecified atom stereocenters. The summed E-state index contributed by atoms with van der Waals surface area (Å²) >= 11 is 0. The van der Waals surface area contributed by atoms with E-state index in [2.05, 4.69) is 44.2 Å². The zero-order valence-corrected chi connectivity index (χ0v) is 34.7. The number of phosphoric ester groups is 1. The van der Waals surface area contributed by atoms with Crippen LogP contribution in [-0.4, -0.2) is 71.7 Å². The van der Waals surface area contributed by atoms with Crippen molar-refractivity contribution in [3.63, 3.8) is 0 Å². The number of ether oxygens (including phenoxy) is 2. The summed E-state index contributed by atoms with van der Waals surface area (Å²) in [6.45, 7) is 3.32. The number of nitrogens with two attached hydrogens (primary N) is 1. The van der Waals surface area contributed by atoms with Gasteiger partial charge in [0, 0.05) is 19.4 Å². The minimum atomic E-state index is -4.44. The molecule has 0 aromatic carbocycles. The molecule has 4 atom stereocenters. The minimum absolute atomic E-state index is 0.0125. The SMILES string of the molecule is CCCCC/C=C\C/C=C\CCCCCCCC(=O)O[C@H](COC(=O)CCC[C@H](O)\C=C/C=C/C=C/[C@H](O)C/C=C\CCCCC)COP(=O)(O)OCCN. The molecule has 12 heteroatoms. The fraction of sp³-hybridized carbons (Fsp3) is 0.674. The summed E-state index contributed by atoms with van der Waals surface area (Å²) in [7, 11) is -4.44. The van der Waals surface area contributed by atoms with Gasteiger partial charge < -0.3 is 30.3 Å². The van der Waals surface area contributed by atoms with Crippen LogP contribution in [0.3, 0.4) is 0 Å². The summed E-state index contributed by atoms with van der Waals surface area (Å²) in [6, 6.07) is 0. The highest BCUT2D eigenvalue weighted by Gasteiger charge is 2.26. The van der Waals surface area contributed by atoms with E-state index in [1.807, 2.05) is 6.08 Å². The number of carbonyl (C=O) groups excluding carboxylic acids is 2. The van der Waals surface area contributed by atoms with Crippen LogP contribution in [0.15, 0.2) is 72.9 Å². The van der Waals surface area contributed by atoms with E-state index in [-0.39, 0.29) is 32.6 Å². The summed E-state index contributed by atoms with van der Waals surface area (Å²) in [6.07, 6.45) is 38.5. The first-order valence-corrected chi connectivity index (χ1v) is 22.1. The molecule has 0 aliphatic carbocycles. The normalized spacial score (nSPS) is 15.2. The van der Waals surface area contributed by atoms with E-state index in [0.717, 1.165) is 51.4 Å². The van der Waals surface area contributed by atoms with Gasteiger partial charge >= 0.3 is 19.8 Å². The van der Waals surface area contributed by atoms with E-state index in [1.54, 1.807) is 36.5 Å². The highest BCUT2D eigenvalue weighted by Crippen LogP contribution is 2.43. The molecule has 0 fully saturated rings. The number of carbonyl (C=O) groups is 2. The number of esters is 2. The lowest BCUT2D eigenvalue weighted by Crippen LogP contribution is -2.29. The molecular weight excluding hydrogens is 721 g/mol. The number of phosphoric acid groups is 1. The predicted octanol–water partition coefficient (Wildman–Crippen LogP) is 9.43. The van der Waals surface area contributed by atoms with Gasteiger partial charge in [-0.1, -0.05) is 132 Å². The van der Waals surface area contributed by atoms with Gasteiger partial charge in [0.05, 0.1) is 25.4 Å².